The van der Waals surface area contributed by atoms with Gasteiger partial charge in [-0.2, -0.15) is 25.3 Å². The van der Waals surface area contributed by atoms with Gasteiger partial charge >= 0.3 is 23.9 Å². The van der Waals surface area contributed by atoms with E-state index in [0.717, 1.165) is 36.8 Å². The maximum absolute atomic E-state index is 12.2. The molecule has 0 aliphatic rings. The van der Waals surface area contributed by atoms with Gasteiger partial charge in [0.05, 0.1) is 35.5 Å². The standard InChI is InChI=1S/2C19H20O4.2CH4S/c2*1-2-3-13-22-18(20)16-11-7-8-12-17(16)19(21)23-14-15-9-5-4-6-10-15;2*1-2/h2*4-12H,2-3,13-14H2,1H3;2*2H,1H3. The van der Waals surface area contributed by atoms with Gasteiger partial charge in [0.15, 0.2) is 0 Å². The van der Waals surface area contributed by atoms with Crippen molar-refractivity contribution in [1.82, 2.24) is 0 Å². The third-order valence-corrected chi connectivity index (χ3v) is 6.62. The topological polar surface area (TPSA) is 105 Å². The maximum Gasteiger partial charge on any atom is 0.339 e. The second-order valence-electron chi connectivity index (χ2n) is 10.2. The highest BCUT2D eigenvalue weighted by atomic mass is 32.1. The Morgan fingerprint density at radius 3 is 0.960 bits per heavy atom. The molecule has 0 amide bonds. The second kappa shape index (κ2) is 27.3. The lowest BCUT2D eigenvalue weighted by molar-refractivity contribution is 0.0436. The maximum atomic E-state index is 12.2. The lowest BCUT2D eigenvalue weighted by Gasteiger charge is -2.09. The van der Waals surface area contributed by atoms with Gasteiger partial charge in [0.1, 0.15) is 13.2 Å². The summed E-state index contributed by atoms with van der Waals surface area (Å²) >= 11 is 7.06. The Labute approximate surface area is 307 Å². The molecule has 0 bridgehead atoms. The van der Waals surface area contributed by atoms with Crippen molar-refractivity contribution in [2.75, 3.05) is 25.7 Å². The van der Waals surface area contributed by atoms with Crippen LogP contribution in [0.2, 0.25) is 0 Å². The zero-order chi connectivity index (χ0) is 37.0. The molecule has 268 valence electrons. The van der Waals surface area contributed by atoms with Gasteiger partial charge in [-0.05, 0) is 60.7 Å². The molecule has 10 heteroatoms. The molecule has 0 spiro atoms. The van der Waals surface area contributed by atoms with Crippen molar-refractivity contribution in [1.29, 1.82) is 0 Å². The minimum Gasteiger partial charge on any atom is -0.462 e. The molecule has 0 saturated carbocycles. The number of thiol groups is 2. The predicted octanol–water partition coefficient (Wildman–Crippen LogP) is 9.09. The van der Waals surface area contributed by atoms with Crippen LogP contribution in [-0.2, 0) is 32.2 Å². The van der Waals surface area contributed by atoms with Crippen LogP contribution in [0.1, 0.15) is 92.1 Å². The molecule has 0 radical (unpaired) electrons. The highest BCUT2D eigenvalue weighted by molar-refractivity contribution is 7.79. The van der Waals surface area contributed by atoms with Gasteiger partial charge < -0.3 is 18.9 Å². The molecule has 50 heavy (non-hydrogen) atoms. The number of benzene rings is 4. The molecule has 4 aromatic carbocycles. The second-order valence-corrected chi connectivity index (χ2v) is 10.2. The van der Waals surface area contributed by atoms with Gasteiger partial charge in [-0.15, -0.1) is 0 Å². The Hall–Kier alpha value is -4.54. The lowest BCUT2D eigenvalue weighted by Crippen LogP contribution is -2.14. The molecule has 0 heterocycles. The van der Waals surface area contributed by atoms with E-state index in [1.165, 1.54) is 0 Å². The molecule has 0 atom stereocenters. The molecule has 0 N–H and O–H groups in total. The summed E-state index contributed by atoms with van der Waals surface area (Å²) in [4.78, 5) is 48.7. The van der Waals surface area contributed by atoms with Crippen molar-refractivity contribution >= 4 is 49.1 Å². The minimum atomic E-state index is -0.531. The molecular weight excluding hydrogens is 673 g/mol. The van der Waals surface area contributed by atoms with Gasteiger partial charge in [0.25, 0.3) is 0 Å². The number of hydrogen-bond donors (Lipinski definition) is 2. The molecular formula is C40H48O8S2. The molecule has 0 aliphatic heterocycles. The number of hydrogen-bond acceptors (Lipinski definition) is 10. The third kappa shape index (κ3) is 16.2. The average Bonchev–Trinajstić information content (AvgIpc) is 3.18. The van der Waals surface area contributed by atoms with Gasteiger partial charge in [-0.25, -0.2) is 19.2 Å². The molecule has 4 rings (SSSR count). The Morgan fingerprint density at radius 2 is 0.680 bits per heavy atom. The van der Waals surface area contributed by atoms with Crippen LogP contribution in [0.25, 0.3) is 0 Å². The van der Waals surface area contributed by atoms with E-state index in [2.05, 4.69) is 25.3 Å². The predicted molar refractivity (Wildman–Crippen MR) is 204 cm³/mol. The first kappa shape index (κ1) is 43.5. The fourth-order valence-electron chi connectivity index (χ4n) is 4.05. The van der Waals surface area contributed by atoms with Crippen LogP contribution in [0.3, 0.4) is 0 Å². The van der Waals surface area contributed by atoms with E-state index in [0.29, 0.717) is 13.2 Å². The molecule has 0 aromatic heterocycles. The molecule has 8 nitrogen and oxygen atoms in total. The average molecular weight is 721 g/mol. The molecule has 0 fully saturated rings. The smallest absolute Gasteiger partial charge is 0.339 e. The van der Waals surface area contributed by atoms with E-state index in [4.69, 9.17) is 18.9 Å². The normalized spacial score (nSPS) is 9.56. The highest BCUT2D eigenvalue weighted by Crippen LogP contribution is 2.15. The summed E-state index contributed by atoms with van der Waals surface area (Å²) in [5, 5.41) is 0. The quantitative estimate of drug-likeness (QED) is 0.0576. The van der Waals surface area contributed by atoms with Crippen LogP contribution >= 0.6 is 25.3 Å². The molecule has 0 unspecified atom stereocenters. The number of carbonyl (C=O) groups excluding carboxylic acids is 4. The van der Waals surface area contributed by atoms with Crippen molar-refractivity contribution in [2.24, 2.45) is 0 Å². The summed E-state index contributed by atoms with van der Waals surface area (Å²) in [6.45, 7) is 5.06. The summed E-state index contributed by atoms with van der Waals surface area (Å²) in [6, 6.07) is 31.9. The van der Waals surface area contributed by atoms with Crippen LogP contribution in [0.4, 0.5) is 0 Å². The number of rotatable bonds is 14. The van der Waals surface area contributed by atoms with E-state index in [1.54, 1.807) is 61.0 Å². The first-order valence-electron chi connectivity index (χ1n) is 16.3. The summed E-state index contributed by atoms with van der Waals surface area (Å²) in [7, 11) is 0. The Balaban J connectivity index is 0.000000455. The van der Waals surface area contributed by atoms with Crippen molar-refractivity contribution in [2.45, 2.75) is 52.7 Å². The number of carbonyl (C=O) groups is 4. The summed E-state index contributed by atoms with van der Waals surface area (Å²) in [5.41, 5.74) is 2.71. The first-order valence-corrected chi connectivity index (χ1v) is 18.1. The van der Waals surface area contributed by atoms with Crippen LogP contribution in [0.5, 0.6) is 0 Å². The Kier molecular flexibility index (Phi) is 23.7. The SMILES string of the molecule is CCCCOC(=O)c1ccccc1C(=O)OCc1ccccc1.CCCCOC(=O)c1ccccc1C(=O)OCc1ccccc1.CS.CS. The van der Waals surface area contributed by atoms with Crippen molar-refractivity contribution in [3.8, 4) is 0 Å². The van der Waals surface area contributed by atoms with E-state index in [-0.39, 0.29) is 35.5 Å². The molecule has 4 aromatic rings. The first-order chi connectivity index (χ1) is 24.4. The lowest BCUT2D eigenvalue weighted by atomic mass is 10.1. The van der Waals surface area contributed by atoms with Crippen LogP contribution < -0.4 is 0 Å². The number of unbranched alkanes of at least 4 members (excludes halogenated alkanes) is 2. The van der Waals surface area contributed by atoms with Gasteiger partial charge in [0.2, 0.25) is 0 Å². The van der Waals surface area contributed by atoms with Crippen LogP contribution in [0.15, 0.2) is 109 Å². The van der Waals surface area contributed by atoms with E-state index < -0.39 is 23.9 Å². The van der Waals surface area contributed by atoms with Gasteiger partial charge in [0, 0.05) is 0 Å². The van der Waals surface area contributed by atoms with Crippen molar-refractivity contribution in [3.05, 3.63) is 143 Å². The fourth-order valence-corrected chi connectivity index (χ4v) is 4.05. The van der Waals surface area contributed by atoms with Crippen LogP contribution in [0, 0.1) is 0 Å². The number of esters is 4. The van der Waals surface area contributed by atoms with E-state index in [9.17, 15) is 19.2 Å². The zero-order valence-corrected chi connectivity index (χ0v) is 31.0. The zero-order valence-electron chi connectivity index (χ0n) is 29.2. The minimum absolute atomic E-state index is 0.166. The monoisotopic (exact) mass is 720 g/mol. The van der Waals surface area contributed by atoms with Crippen molar-refractivity contribution < 1.29 is 38.1 Å². The van der Waals surface area contributed by atoms with Gasteiger partial charge in [-0.1, -0.05) is 112 Å². The van der Waals surface area contributed by atoms with Crippen LogP contribution in [-0.4, -0.2) is 49.6 Å². The third-order valence-electron chi connectivity index (χ3n) is 6.62. The summed E-state index contributed by atoms with van der Waals surface area (Å²) < 4.78 is 20.9. The summed E-state index contributed by atoms with van der Waals surface area (Å²) in [6.07, 6.45) is 6.86. The molecule has 0 aliphatic carbocycles. The van der Waals surface area contributed by atoms with Gasteiger partial charge in [-0.3, -0.25) is 0 Å². The highest BCUT2D eigenvalue weighted by Gasteiger charge is 2.20. The largest absolute Gasteiger partial charge is 0.462 e. The van der Waals surface area contributed by atoms with Crippen molar-refractivity contribution in [3.63, 3.8) is 0 Å². The van der Waals surface area contributed by atoms with E-state index in [1.807, 2.05) is 74.5 Å². The number of ether oxygens (including phenoxy) is 4. The Bertz CT molecular complexity index is 1430. The van der Waals surface area contributed by atoms with E-state index >= 15 is 0 Å². The Morgan fingerprint density at radius 1 is 0.420 bits per heavy atom. The molecule has 0 saturated heterocycles. The summed E-state index contributed by atoms with van der Waals surface area (Å²) in [5.74, 6) is -2.05. The fraction of sp³-hybridized carbons (Fsp3) is 0.300.